The van der Waals surface area contributed by atoms with E-state index in [2.05, 4.69) is 52.0 Å². The summed E-state index contributed by atoms with van der Waals surface area (Å²) in [5.74, 6) is 1.25. The van der Waals surface area contributed by atoms with Gasteiger partial charge in [0.05, 0.1) is 0 Å². The summed E-state index contributed by atoms with van der Waals surface area (Å²) in [6.45, 7) is 8.66. The summed E-state index contributed by atoms with van der Waals surface area (Å²) in [6, 6.07) is 6.39. The number of carbonyl (C=O) groups excluding carboxylic acids is 1. The molecule has 1 unspecified atom stereocenters. The summed E-state index contributed by atoms with van der Waals surface area (Å²) in [6.07, 6.45) is 3.17. The van der Waals surface area contributed by atoms with Crippen LogP contribution in [0.25, 0.3) is 0 Å². The molecule has 1 heterocycles. The number of Topliss-reactive ketones (excluding diaryl/α,β-unsaturated/α-hetero) is 1. The first-order valence-electron chi connectivity index (χ1n) is 6.93. The van der Waals surface area contributed by atoms with Crippen LogP contribution in [0.1, 0.15) is 49.2 Å². The molecule has 0 aromatic heterocycles. The van der Waals surface area contributed by atoms with E-state index < -0.39 is 0 Å². The van der Waals surface area contributed by atoms with E-state index >= 15 is 0 Å². The topological polar surface area (TPSA) is 17.1 Å². The van der Waals surface area contributed by atoms with Crippen molar-refractivity contribution in [2.45, 2.75) is 44.6 Å². The number of benzene rings is 1. The molecule has 3 rings (SSSR count). The molecule has 0 bridgehead atoms. The van der Waals surface area contributed by atoms with Crippen LogP contribution in [0.5, 0.6) is 0 Å². The zero-order valence-electron chi connectivity index (χ0n) is 12.0. The Kier molecular flexibility index (Phi) is 2.72. The predicted molar refractivity (Wildman–Crippen MR) is 81.7 cm³/mol. The molecule has 2 heteroatoms. The minimum absolute atomic E-state index is 0.0192. The Balaban J connectivity index is 2.11. The van der Waals surface area contributed by atoms with Crippen molar-refractivity contribution in [3.8, 4) is 0 Å². The van der Waals surface area contributed by atoms with E-state index in [1.54, 1.807) is 11.8 Å². The summed E-state index contributed by atoms with van der Waals surface area (Å²) in [4.78, 5) is 13.0. The lowest BCUT2D eigenvalue weighted by Gasteiger charge is -2.53. The third-order valence-corrected chi connectivity index (χ3v) is 6.68. The van der Waals surface area contributed by atoms with Crippen LogP contribution in [0.2, 0.25) is 0 Å². The lowest BCUT2D eigenvalue weighted by molar-refractivity contribution is 0.0883. The number of thioether (sulfide) groups is 1. The molecular formula is C17H20OS. The SMILES string of the molecule is CCc1ccc2c(c1)C(=O)C1(C=C(C)C1(C)C)SC2. The van der Waals surface area contributed by atoms with Gasteiger partial charge in [-0.15, -0.1) is 11.8 Å². The first-order valence-corrected chi connectivity index (χ1v) is 7.91. The molecule has 0 saturated heterocycles. The van der Waals surface area contributed by atoms with Gasteiger partial charge in [0.25, 0.3) is 0 Å². The van der Waals surface area contributed by atoms with E-state index in [0.29, 0.717) is 5.78 Å². The summed E-state index contributed by atoms with van der Waals surface area (Å²) in [7, 11) is 0. The Labute approximate surface area is 119 Å². The van der Waals surface area contributed by atoms with E-state index in [0.717, 1.165) is 17.7 Å². The van der Waals surface area contributed by atoms with Gasteiger partial charge < -0.3 is 0 Å². The Bertz CT molecular complexity index is 597. The first kappa shape index (κ1) is 13.0. The Hall–Kier alpha value is -1.02. The van der Waals surface area contributed by atoms with E-state index in [4.69, 9.17) is 0 Å². The van der Waals surface area contributed by atoms with Gasteiger partial charge in [-0.2, -0.15) is 0 Å². The molecule has 0 N–H and O–H groups in total. The number of aryl methyl sites for hydroxylation is 1. The first-order chi connectivity index (χ1) is 8.92. The van der Waals surface area contributed by atoms with Crippen molar-refractivity contribution in [2.75, 3.05) is 0 Å². The van der Waals surface area contributed by atoms with Gasteiger partial charge >= 0.3 is 0 Å². The van der Waals surface area contributed by atoms with Crippen molar-refractivity contribution < 1.29 is 4.79 Å². The second-order valence-corrected chi connectivity index (χ2v) is 7.37. The van der Waals surface area contributed by atoms with Crippen molar-refractivity contribution in [3.63, 3.8) is 0 Å². The van der Waals surface area contributed by atoms with E-state index in [1.165, 1.54) is 16.7 Å². The van der Waals surface area contributed by atoms with Crippen LogP contribution in [0.3, 0.4) is 0 Å². The normalized spacial score (nSPS) is 27.8. The van der Waals surface area contributed by atoms with Crippen molar-refractivity contribution in [1.82, 2.24) is 0 Å². The maximum atomic E-state index is 13.0. The lowest BCUT2D eigenvalue weighted by Crippen LogP contribution is -2.56. The number of rotatable bonds is 1. The average molecular weight is 272 g/mol. The standard InChI is InChI=1S/C17H20OS/c1-5-12-6-7-13-10-19-17(15(18)14(13)8-12)9-11(2)16(17,3)4/h6-9H,5,10H2,1-4H3. The van der Waals surface area contributed by atoms with Crippen LogP contribution < -0.4 is 0 Å². The van der Waals surface area contributed by atoms with Crippen LogP contribution in [-0.2, 0) is 12.2 Å². The van der Waals surface area contributed by atoms with Gasteiger partial charge in [0.2, 0.25) is 0 Å². The van der Waals surface area contributed by atoms with Gasteiger partial charge in [-0.1, -0.05) is 44.6 Å². The number of fused-ring (bicyclic) bond motifs is 1. The number of hydrogen-bond acceptors (Lipinski definition) is 2. The average Bonchev–Trinajstić information content (AvgIpc) is 2.41. The van der Waals surface area contributed by atoms with Crippen molar-refractivity contribution >= 4 is 17.5 Å². The van der Waals surface area contributed by atoms with Gasteiger partial charge in [-0.3, -0.25) is 4.79 Å². The number of carbonyl (C=O) groups is 1. The molecule has 0 saturated carbocycles. The lowest BCUT2D eigenvalue weighted by atomic mass is 9.60. The highest BCUT2D eigenvalue weighted by molar-refractivity contribution is 8.01. The quantitative estimate of drug-likeness (QED) is 0.705. The monoisotopic (exact) mass is 272 g/mol. The third kappa shape index (κ3) is 1.53. The minimum Gasteiger partial charge on any atom is -0.292 e. The van der Waals surface area contributed by atoms with E-state index in [-0.39, 0.29) is 10.2 Å². The van der Waals surface area contributed by atoms with Gasteiger partial charge in [0, 0.05) is 16.7 Å². The molecule has 2 aliphatic rings. The second kappa shape index (κ2) is 3.99. The van der Waals surface area contributed by atoms with Gasteiger partial charge in [0.1, 0.15) is 4.75 Å². The summed E-state index contributed by atoms with van der Waals surface area (Å²) < 4.78 is -0.323. The van der Waals surface area contributed by atoms with Crippen LogP contribution in [0, 0.1) is 5.41 Å². The van der Waals surface area contributed by atoms with Crippen LogP contribution in [0.4, 0.5) is 0 Å². The zero-order chi connectivity index (χ0) is 13.8. The fraction of sp³-hybridized carbons (Fsp3) is 0.471. The number of ketones is 1. The largest absolute Gasteiger partial charge is 0.292 e. The Morgan fingerprint density at radius 3 is 2.63 bits per heavy atom. The molecule has 1 aromatic rings. The van der Waals surface area contributed by atoms with Gasteiger partial charge in [-0.05, 0) is 30.5 Å². The molecule has 1 nitrogen and oxygen atoms in total. The highest BCUT2D eigenvalue weighted by Gasteiger charge is 2.58. The van der Waals surface area contributed by atoms with Gasteiger partial charge in [0.15, 0.2) is 5.78 Å². The predicted octanol–water partition coefficient (Wildman–Crippen LogP) is 4.40. The maximum absolute atomic E-state index is 13.0. The van der Waals surface area contributed by atoms with Gasteiger partial charge in [-0.25, -0.2) is 0 Å². The summed E-state index contributed by atoms with van der Waals surface area (Å²) in [5.41, 5.74) is 4.73. The smallest absolute Gasteiger partial charge is 0.183 e. The van der Waals surface area contributed by atoms with E-state index in [9.17, 15) is 4.79 Å². The molecule has 1 aliphatic heterocycles. The second-order valence-electron chi connectivity index (χ2n) is 6.15. The minimum atomic E-state index is -0.323. The molecule has 1 spiro atoms. The maximum Gasteiger partial charge on any atom is 0.183 e. The fourth-order valence-corrected chi connectivity index (χ4v) is 4.75. The molecule has 100 valence electrons. The van der Waals surface area contributed by atoms with Crippen LogP contribution >= 0.6 is 11.8 Å². The number of hydrogen-bond donors (Lipinski definition) is 0. The van der Waals surface area contributed by atoms with E-state index in [1.807, 2.05) is 0 Å². The molecule has 1 aromatic carbocycles. The zero-order valence-corrected chi connectivity index (χ0v) is 12.9. The summed E-state index contributed by atoms with van der Waals surface area (Å²) >= 11 is 1.80. The third-order valence-electron chi connectivity index (χ3n) is 4.95. The highest BCUT2D eigenvalue weighted by atomic mass is 32.2. The molecular weight excluding hydrogens is 252 g/mol. The Morgan fingerprint density at radius 1 is 1.32 bits per heavy atom. The molecule has 0 amide bonds. The van der Waals surface area contributed by atoms with Crippen molar-refractivity contribution in [1.29, 1.82) is 0 Å². The van der Waals surface area contributed by atoms with Crippen molar-refractivity contribution in [3.05, 3.63) is 46.5 Å². The molecule has 1 atom stereocenters. The molecule has 0 fully saturated rings. The Morgan fingerprint density at radius 2 is 2.05 bits per heavy atom. The summed E-state index contributed by atoms with van der Waals surface area (Å²) in [5, 5.41) is 0. The highest BCUT2D eigenvalue weighted by Crippen LogP contribution is 2.60. The van der Waals surface area contributed by atoms with Crippen LogP contribution in [-0.4, -0.2) is 10.5 Å². The molecule has 0 radical (unpaired) electrons. The van der Waals surface area contributed by atoms with Crippen molar-refractivity contribution in [2.24, 2.45) is 5.41 Å². The molecule has 1 aliphatic carbocycles. The molecule has 19 heavy (non-hydrogen) atoms. The fourth-order valence-electron chi connectivity index (χ4n) is 3.09. The number of allylic oxidation sites excluding steroid dienone is 1. The van der Waals surface area contributed by atoms with Crippen LogP contribution in [0.15, 0.2) is 29.8 Å².